The zero-order valence-corrected chi connectivity index (χ0v) is 7.74. The van der Waals surface area contributed by atoms with Crippen molar-refractivity contribution < 1.29 is 4.79 Å². The fourth-order valence-corrected chi connectivity index (χ4v) is 1.32. The lowest BCUT2D eigenvalue weighted by Crippen LogP contribution is -1.98. The molecule has 3 nitrogen and oxygen atoms in total. The lowest BCUT2D eigenvalue weighted by molar-refractivity contribution is 0.112. The third-order valence-electron chi connectivity index (χ3n) is 2.09. The molecule has 1 rings (SSSR count). The molecule has 0 unspecified atom stereocenters. The summed E-state index contributed by atoms with van der Waals surface area (Å²) in [7, 11) is 0. The van der Waals surface area contributed by atoms with Crippen LogP contribution in [0.1, 0.15) is 27.0 Å². The molecule has 0 aliphatic rings. The van der Waals surface area contributed by atoms with E-state index in [0.29, 0.717) is 23.0 Å². The number of hydrogen-bond donors (Lipinski definition) is 0. The summed E-state index contributed by atoms with van der Waals surface area (Å²) in [6.45, 7) is 1.82. The molecule has 0 aliphatic heterocycles. The number of carbonyl (C=O) groups is 1. The average Bonchev–Trinajstić information content (AvgIpc) is 2.21. The molecule has 0 amide bonds. The second kappa shape index (κ2) is 4.20. The number of hydrogen-bond acceptors (Lipinski definition) is 3. The van der Waals surface area contributed by atoms with Gasteiger partial charge < -0.3 is 0 Å². The highest BCUT2D eigenvalue weighted by atomic mass is 16.1. The maximum atomic E-state index is 10.8. The predicted octanol–water partition coefficient (Wildman–Crippen LogP) is 1.75. The Morgan fingerprint density at radius 1 is 1.43 bits per heavy atom. The molecule has 0 radical (unpaired) electrons. The van der Waals surface area contributed by atoms with Crippen LogP contribution in [0.5, 0.6) is 0 Å². The first-order valence-electron chi connectivity index (χ1n) is 4.09. The van der Waals surface area contributed by atoms with Crippen LogP contribution >= 0.6 is 0 Å². The summed E-state index contributed by atoms with van der Waals surface area (Å²) in [5.74, 6) is 0. The van der Waals surface area contributed by atoms with E-state index in [0.717, 1.165) is 5.56 Å². The standard InChI is InChI=1S/C11H8N2O/c1-8-2-3-9(6-13)11(7-14)10(8)4-5-12/h2-3,7H,4H2,1H3. The van der Waals surface area contributed by atoms with Gasteiger partial charge in [0, 0.05) is 5.56 Å². The van der Waals surface area contributed by atoms with E-state index in [9.17, 15) is 4.79 Å². The molecule has 0 spiro atoms. The normalized spacial score (nSPS) is 8.79. The predicted molar refractivity (Wildman–Crippen MR) is 50.6 cm³/mol. The van der Waals surface area contributed by atoms with Crippen molar-refractivity contribution in [3.8, 4) is 12.1 Å². The van der Waals surface area contributed by atoms with Gasteiger partial charge in [0.1, 0.15) is 0 Å². The van der Waals surface area contributed by atoms with Gasteiger partial charge in [0.2, 0.25) is 0 Å². The van der Waals surface area contributed by atoms with Crippen LogP contribution in [0.2, 0.25) is 0 Å². The third-order valence-corrected chi connectivity index (χ3v) is 2.09. The van der Waals surface area contributed by atoms with E-state index in [4.69, 9.17) is 10.5 Å². The first-order valence-corrected chi connectivity index (χ1v) is 4.09. The van der Waals surface area contributed by atoms with Crippen LogP contribution in [0.3, 0.4) is 0 Å². The highest BCUT2D eigenvalue weighted by Gasteiger charge is 2.09. The zero-order chi connectivity index (χ0) is 10.6. The fourth-order valence-electron chi connectivity index (χ4n) is 1.32. The smallest absolute Gasteiger partial charge is 0.151 e. The SMILES string of the molecule is Cc1ccc(C#N)c(C=O)c1CC#N. The summed E-state index contributed by atoms with van der Waals surface area (Å²) in [6.07, 6.45) is 0.799. The minimum Gasteiger partial charge on any atom is -0.298 e. The molecule has 0 fully saturated rings. The van der Waals surface area contributed by atoms with Crippen molar-refractivity contribution in [2.45, 2.75) is 13.3 Å². The van der Waals surface area contributed by atoms with E-state index in [1.807, 2.05) is 19.1 Å². The van der Waals surface area contributed by atoms with Gasteiger partial charge in [0.15, 0.2) is 6.29 Å². The number of benzene rings is 1. The lowest BCUT2D eigenvalue weighted by atomic mass is 9.96. The second-order valence-electron chi connectivity index (χ2n) is 2.89. The molecule has 0 aromatic heterocycles. The molecule has 1 aromatic carbocycles. The summed E-state index contributed by atoms with van der Waals surface area (Å²) >= 11 is 0. The van der Waals surface area contributed by atoms with Gasteiger partial charge in [-0.1, -0.05) is 6.07 Å². The summed E-state index contributed by atoms with van der Waals surface area (Å²) in [5.41, 5.74) is 2.19. The Morgan fingerprint density at radius 2 is 2.14 bits per heavy atom. The molecule has 14 heavy (non-hydrogen) atoms. The van der Waals surface area contributed by atoms with Crippen molar-refractivity contribution in [2.24, 2.45) is 0 Å². The minimum absolute atomic E-state index is 0.162. The Bertz CT molecular complexity index is 450. The van der Waals surface area contributed by atoms with Crippen LogP contribution in [-0.2, 0) is 6.42 Å². The van der Waals surface area contributed by atoms with Gasteiger partial charge in [-0.05, 0) is 24.1 Å². The maximum absolute atomic E-state index is 10.8. The van der Waals surface area contributed by atoms with Crippen LogP contribution in [0.25, 0.3) is 0 Å². The van der Waals surface area contributed by atoms with Gasteiger partial charge in [0.05, 0.1) is 24.1 Å². The van der Waals surface area contributed by atoms with Crippen LogP contribution in [0.15, 0.2) is 12.1 Å². The summed E-state index contributed by atoms with van der Waals surface area (Å²) in [4.78, 5) is 10.8. The van der Waals surface area contributed by atoms with Crippen molar-refractivity contribution in [3.05, 3.63) is 34.4 Å². The van der Waals surface area contributed by atoms with E-state index in [-0.39, 0.29) is 6.42 Å². The topological polar surface area (TPSA) is 64.7 Å². The first-order chi connectivity index (χ1) is 6.74. The molecule has 0 saturated carbocycles. The van der Waals surface area contributed by atoms with Gasteiger partial charge in [-0.15, -0.1) is 0 Å². The Hall–Kier alpha value is -2.13. The van der Waals surface area contributed by atoms with E-state index in [2.05, 4.69) is 0 Å². The number of rotatable bonds is 2. The number of carbonyl (C=O) groups excluding carboxylic acids is 1. The van der Waals surface area contributed by atoms with Crippen molar-refractivity contribution in [1.29, 1.82) is 10.5 Å². The molecule has 0 heterocycles. The van der Waals surface area contributed by atoms with Crippen molar-refractivity contribution in [1.82, 2.24) is 0 Å². The third kappa shape index (κ3) is 1.62. The highest BCUT2D eigenvalue weighted by Crippen LogP contribution is 2.17. The van der Waals surface area contributed by atoms with Gasteiger partial charge in [-0.3, -0.25) is 4.79 Å². The maximum Gasteiger partial charge on any atom is 0.151 e. The largest absolute Gasteiger partial charge is 0.298 e. The highest BCUT2D eigenvalue weighted by molar-refractivity contribution is 5.82. The van der Waals surface area contributed by atoms with E-state index >= 15 is 0 Å². The number of aryl methyl sites for hydroxylation is 1. The molecular weight excluding hydrogens is 176 g/mol. The quantitative estimate of drug-likeness (QED) is 0.657. The monoisotopic (exact) mass is 184 g/mol. The minimum atomic E-state index is 0.162. The van der Waals surface area contributed by atoms with Crippen molar-refractivity contribution in [2.75, 3.05) is 0 Å². The van der Waals surface area contributed by atoms with E-state index < -0.39 is 0 Å². The van der Waals surface area contributed by atoms with Gasteiger partial charge in [0.25, 0.3) is 0 Å². The van der Waals surface area contributed by atoms with Gasteiger partial charge in [-0.25, -0.2) is 0 Å². The second-order valence-corrected chi connectivity index (χ2v) is 2.89. The Balaban J connectivity index is 3.46. The van der Waals surface area contributed by atoms with Crippen LogP contribution in [-0.4, -0.2) is 6.29 Å². The summed E-state index contributed by atoms with van der Waals surface area (Å²) < 4.78 is 0. The van der Waals surface area contributed by atoms with E-state index in [1.54, 1.807) is 12.1 Å². The molecule has 3 heteroatoms. The molecule has 0 saturated heterocycles. The molecule has 68 valence electrons. The van der Waals surface area contributed by atoms with Gasteiger partial charge >= 0.3 is 0 Å². The summed E-state index contributed by atoms with van der Waals surface area (Å²) in [5, 5.41) is 17.3. The number of nitrogens with zero attached hydrogens (tertiary/aromatic N) is 2. The van der Waals surface area contributed by atoms with Crippen molar-refractivity contribution >= 4 is 6.29 Å². The van der Waals surface area contributed by atoms with Crippen molar-refractivity contribution in [3.63, 3.8) is 0 Å². The Morgan fingerprint density at radius 3 is 2.64 bits per heavy atom. The Kier molecular flexibility index (Phi) is 2.99. The Labute approximate surface area is 82.2 Å². The molecular formula is C11H8N2O. The van der Waals surface area contributed by atoms with E-state index in [1.165, 1.54) is 0 Å². The molecule has 0 aliphatic carbocycles. The first kappa shape index (κ1) is 9.95. The van der Waals surface area contributed by atoms with Crippen LogP contribution < -0.4 is 0 Å². The number of aldehydes is 1. The zero-order valence-electron chi connectivity index (χ0n) is 7.74. The number of nitriles is 2. The van der Waals surface area contributed by atoms with Crippen LogP contribution in [0, 0.1) is 29.6 Å². The fraction of sp³-hybridized carbons (Fsp3) is 0.182. The van der Waals surface area contributed by atoms with Gasteiger partial charge in [-0.2, -0.15) is 10.5 Å². The molecule has 0 atom stereocenters. The van der Waals surface area contributed by atoms with Crippen LogP contribution in [0.4, 0.5) is 0 Å². The molecule has 0 N–H and O–H groups in total. The summed E-state index contributed by atoms with van der Waals surface area (Å²) in [6, 6.07) is 7.26. The lowest BCUT2D eigenvalue weighted by Gasteiger charge is -2.05. The average molecular weight is 184 g/mol. The molecule has 1 aromatic rings. The molecule has 0 bridgehead atoms.